The molecule has 8 heteroatoms. The molecule has 0 aliphatic rings. The summed E-state index contributed by atoms with van der Waals surface area (Å²) >= 11 is 0. The number of hydrogen-bond acceptors (Lipinski definition) is 3. The number of nitrogens with zero attached hydrogens (tertiary/aromatic N) is 1. The fraction of sp³-hybridized carbons (Fsp3) is 0.300. The van der Waals surface area contributed by atoms with Gasteiger partial charge in [0.25, 0.3) is 5.69 Å². The molecule has 0 spiro atoms. The average Bonchev–Trinajstić information content (AvgIpc) is 2.29. The molecule has 0 unspecified atom stereocenters. The molecule has 0 fully saturated rings. The molecule has 0 saturated heterocycles. The number of aromatic carboxylic acids is 1. The van der Waals surface area contributed by atoms with Gasteiger partial charge in [0.05, 0.1) is 10.5 Å². The lowest BCUT2D eigenvalue weighted by Crippen LogP contribution is -2.08. The lowest BCUT2D eigenvalue weighted by Gasteiger charge is -2.06. The number of hydrogen-bond donors (Lipinski definition) is 1. The van der Waals surface area contributed by atoms with Crippen LogP contribution in [0.2, 0.25) is 0 Å². The van der Waals surface area contributed by atoms with Gasteiger partial charge in [-0.25, -0.2) is 4.79 Å². The molecule has 0 aliphatic heterocycles. The summed E-state index contributed by atoms with van der Waals surface area (Å²) in [7, 11) is 0. The molecule has 0 atom stereocenters. The number of alkyl halides is 3. The minimum Gasteiger partial charge on any atom is -0.477 e. The molecular weight excluding hydrogens is 255 g/mol. The molecule has 0 amide bonds. The van der Waals surface area contributed by atoms with E-state index in [9.17, 15) is 28.1 Å². The summed E-state index contributed by atoms with van der Waals surface area (Å²) in [6.07, 6.45) is -4.75. The normalized spacial score (nSPS) is 10.3. The number of carbonyl (C=O) groups is 1. The fourth-order valence-corrected chi connectivity index (χ4v) is 1.04. The van der Waals surface area contributed by atoms with E-state index in [-0.39, 0.29) is 6.07 Å². The Morgan fingerprint density at radius 2 is 1.83 bits per heavy atom. The van der Waals surface area contributed by atoms with Crippen molar-refractivity contribution in [3.8, 4) is 0 Å². The lowest BCUT2D eigenvalue weighted by atomic mass is 10.1. The number of benzene rings is 1. The van der Waals surface area contributed by atoms with Crippen molar-refractivity contribution in [3.05, 3.63) is 39.4 Å². The van der Waals surface area contributed by atoms with E-state index in [0.717, 1.165) is 0 Å². The number of carboxylic acids is 1. The smallest absolute Gasteiger partial charge is 0.416 e. The molecule has 0 saturated carbocycles. The summed E-state index contributed by atoms with van der Waals surface area (Å²) in [6.45, 7) is 4.00. The first-order valence-corrected chi connectivity index (χ1v) is 4.82. The summed E-state index contributed by atoms with van der Waals surface area (Å²) in [6, 6.07) is 1.24. The summed E-state index contributed by atoms with van der Waals surface area (Å²) in [5.41, 5.74) is -3.12. The minimum absolute atomic E-state index is 0.198. The highest BCUT2D eigenvalue weighted by molar-refractivity contribution is 5.92. The Morgan fingerprint density at radius 3 is 2.17 bits per heavy atom. The zero-order valence-electron chi connectivity index (χ0n) is 9.49. The molecule has 1 rings (SSSR count). The SMILES string of the molecule is CC.O=C(O)c1ccc(C(F)(F)F)cc1[N+](=O)[O-]. The van der Waals surface area contributed by atoms with Gasteiger partial charge in [-0.2, -0.15) is 13.2 Å². The highest BCUT2D eigenvalue weighted by Gasteiger charge is 2.33. The van der Waals surface area contributed by atoms with Gasteiger partial charge in [-0.05, 0) is 12.1 Å². The van der Waals surface area contributed by atoms with Gasteiger partial charge in [0.1, 0.15) is 5.56 Å². The maximum Gasteiger partial charge on any atom is 0.416 e. The molecule has 1 N–H and O–H groups in total. The molecule has 0 heterocycles. The Morgan fingerprint density at radius 1 is 1.33 bits per heavy atom. The van der Waals surface area contributed by atoms with Gasteiger partial charge in [0.15, 0.2) is 0 Å². The van der Waals surface area contributed by atoms with Crippen molar-refractivity contribution in [2.45, 2.75) is 20.0 Å². The molecule has 1 aromatic carbocycles. The van der Waals surface area contributed by atoms with E-state index in [2.05, 4.69) is 0 Å². The monoisotopic (exact) mass is 265 g/mol. The third-order valence-electron chi connectivity index (χ3n) is 1.75. The summed E-state index contributed by atoms with van der Waals surface area (Å²) < 4.78 is 36.6. The van der Waals surface area contributed by atoms with Gasteiger partial charge in [-0.3, -0.25) is 10.1 Å². The maximum absolute atomic E-state index is 12.2. The summed E-state index contributed by atoms with van der Waals surface area (Å²) in [4.78, 5) is 19.7. The van der Waals surface area contributed by atoms with Gasteiger partial charge in [-0.15, -0.1) is 0 Å². The van der Waals surface area contributed by atoms with Crippen LogP contribution < -0.4 is 0 Å². The third-order valence-corrected chi connectivity index (χ3v) is 1.75. The van der Waals surface area contributed by atoms with E-state index in [1.165, 1.54) is 0 Å². The Balaban J connectivity index is 0.00000137. The molecule has 0 aromatic heterocycles. The van der Waals surface area contributed by atoms with Crippen LogP contribution in [0.25, 0.3) is 0 Å². The lowest BCUT2D eigenvalue weighted by molar-refractivity contribution is -0.385. The Kier molecular flexibility index (Phi) is 5.28. The second kappa shape index (κ2) is 5.99. The largest absolute Gasteiger partial charge is 0.477 e. The van der Waals surface area contributed by atoms with Gasteiger partial charge in [-0.1, -0.05) is 13.8 Å². The molecule has 100 valence electrons. The number of nitro groups is 1. The van der Waals surface area contributed by atoms with Crippen LogP contribution in [-0.4, -0.2) is 16.0 Å². The number of rotatable bonds is 2. The Labute approximate surface area is 100 Å². The van der Waals surface area contributed by atoms with E-state index >= 15 is 0 Å². The van der Waals surface area contributed by atoms with Crippen molar-refractivity contribution < 1.29 is 28.0 Å². The van der Waals surface area contributed by atoms with Crippen molar-refractivity contribution >= 4 is 11.7 Å². The quantitative estimate of drug-likeness (QED) is 0.656. The number of carboxylic acid groups (broad SMARTS) is 1. The Bertz CT molecular complexity index is 457. The van der Waals surface area contributed by atoms with Gasteiger partial charge in [0.2, 0.25) is 0 Å². The van der Waals surface area contributed by atoms with E-state index in [1.807, 2.05) is 13.8 Å². The average molecular weight is 265 g/mol. The van der Waals surface area contributed by atoms with Crippen LogP contribution >= 0.6 is 0 Å². The van der Waals surface area contributed by atoms with Gasteiger partial charge >= 0.3 is 12.1 Å². The van der Waals surface area contributed by atoms with E-state index in [0.29, 0.717) is 12.1 Å². The topological polar surface area (TPSA) is 80.4 Å². The number of halogens is 3. The second-order valence-corrected chi connectivity index (χ2v) is 2.79. The van der Waals surface area contributed by atoms with Gasteiger partial charge in [0, 0.05) is 6.07 Å². The van der Waals surface area contributed by atoms with Gasteiger partial charge < -0.3 is 5.11 Å². The second-order valence-electron chi connectivity index (χ2n) is 2.79. The van der Waals surface area contributed by atoms with Crippen molar-refractivity contribution in [2.75, 3.05) is 0 Å². The van der Waals surface area contributed by atoms with Crippen LogP contribution in [0.3, 0.4) is 0 Å². The van der Waals surface area contributed by atoms with Crippen molar-refractivity contribution in [3.63, 3.8) is 0 Å². The summed E-state index contributed by atoms with van der Waals surface area (Å²) in [5.74, 6) is -1.65. The first-order chi connectivity index (χ1) is 8.23. The maximum atomic E-state index is 12.2. The highest BCUT2D eigenvalue weighted by Crippen LogP contribution is 2.32. The standard InChI is InChI=1S/C8H4F3NO4.C2H6/c9-8(10,11)4-1-2-5(7(13)14)6(3-4)12(15)16;1-2/h1-3H,(H,13,14);1-2H3. The predicted molar refractivity (Wildman–Crippen MR) is 56.4 cm³/mol. The molecule has 1 aromatic rings. The van der Waals surface area contributed by atoms with E-state index in [4.69, 9.17) is 5.11 Å². The van der Waals surface area contributed by atoms with Crippen molar-refractivity contribution in [1.29, 1.82) is 0 Å². The molecule has 18 heavy (non-hydrogen) atoms. The molecule has 0 bridgehead atoms. The van der Waals surface area contributed by atoms with Crippen molar-refractivity contribution in [2.24, 2.45) is 0 Å². The van der Waals surface area contributed by atoms with Crippen LogP contribution in [0.4, 0.5) is 18.9 Å². The number of nitro benzene ring substituents is 1. The van der Waals surface area contributed by atoms with Crippen LogP contribution in [0, 0.1) is 10.1 Å². The third kappa shape index (κ3) is 3.72. The molecule has 0 radical (unpaired) electrons. The fourth-order valence-electron chi connectivity index (χ4n) is 1.04. The van der Waals surface area contributed by atoms with Crippen LogP contribution in [-0.2, 0) is 6.18 Å². The van der Waals surface area contributed by atoms with Crippen molar-refractivity contribution in [1.82, 2.24) is 0 Å². The Hall–Kier alpha value is -2.12. The van der Waals surface area contributed by atoms with Crippen LogP contribution in [0.1, 0.15) is 29.8 Å². The minimum atomic E-state index is -4.75. The summed E-state index contributed by atoms with van der Waals surface area (Å²) in [5, 5.41) is 18.9. The zero-order chi connectivity index (χ0) is 14.5. The highest BCUT2D eigenvalue weighted by atomic mass is 19.4. The van der Waals surface area contributed by atoms with Crippen LogP contribution in [0.15, 0.2) is 18.2 Å². The first kappa shape index (κ1) is 15.9. The molecular formula is C10H10F3NO4. The molecule has 0 aliphatic carbocycles. The van der Waals surface area contributed by atoms with E-state index < -0.39 is 33.9 Å². The first-order valence-electron chi connectivity index (χ1n) is 4.82. The van der Waals surface area contributed by atoms with E-state index in [1.54, 1.807) is 0 Å². The zero-order valence-corrected chi connectivity index (χ0v) is 9.49. The molecule has 5 nitrogen and oxygen atoms in total. The predicted octanol–water partition coefficient (Wildman–Crippen LogP) is 3.34. The van der Waals surface area contributed by atoms with Crippen LogP contribution in [0.5, 0.6) is 0 Å².